The van der Waals surface area contributed by atoms with E-state index in [4.69, 9.17) is 10.5 Å². The molecule has 1 aromatic carbocycles. The number of anilines is 1. The Morgan fingerprint density at radius 1 is 1.24 bits per heavy atom. The molecule has 0 bridgehead atoms. The van der Waals surface area contributed by atoms with Crippen LogP contribution in [0.25, 0.3) is 0 Å². The van der Waals surface area contributed by atoms with Crippen molar-refractivity contribution in [3.8, 4) is 5.75 Å². The number of amides is 2. The monoisotopic (exact) mass is 533 g/mol. The van der Waals surface area contributed by atoms with Crippen molar-refractivity contribution < 1.29 is 48.7 Å². The molecule has 3 aliphatic carbocycles. The molecule has 1 aromatic rings. The number of halogens is 1. The molecule has 0 radical (unpaired) electrons. The number of carbonyl (C=O) groups excluding carboxylic acids is 4. The molecular weight excluding hydrogens is 505 g/mol. The molecule has 3 aliphatic rings. The fraction of sp³-hybridized carbons (Fsp3) is 0.440. The summed E-state index contributed by atoms with van der Waals surface area (Å²) < 4.78 is 20.0. The minimum atomic E-state index is -2.72. The highest BCUT2D eigenvalue weighted by atomic mass is 19.1. The number of fused-ring (bicyclic) bond motifs is 3. The molecule has 0 heterocycles. The maximum Gasteiger partial charge on any atom is 0.255 e. The Hall–Kier alpha value is -3.81. The lowest BCUT2D eigenvalue weighted by Crippen LogP contribution is -2.57. The van der Waals surface area contributed by atoms with Gasteiger partial charge in [-0.25, -0.2) is 4.39 Å². The van der Waals surface area contributed by atoms with Crippen LogP contribution in [0.2, 0.25) is 0 Å². The highest BCUT2D eigenvalue weighted by Crippen LogP contribution is 2.52. The Morgan fingerprint density at radius 2 is 1.95 bits per heavy atom. The summed E-state index contributed by atoms with van der Waals surface area (Å²) in [6.45, 7) is 0.787. The van der Waals surface area contributed by atoms with Gasteiger partial charge in [0.25, 0.3) is 5.91 Å². The van der Waals surface area contributed by atoms with E-state index in [1.165, 1.54) is 0 Å². The van der Waals surface area contributed by atoms with Crippen molar-refractivity contribution in [1.82, 2.24) is 5.32 Å². The van der Waals surface area contributed by atoms with Crippen molar-refractivity contribution >= 4 is 29.1 Å². The van der Waals surface area contributed by atoms with E-state index in [9.17, 15) is 39.6 Å². The van der Waals surface area contributed by atoms with Crippen LogP contribution < -0.4 is 16.4 Å². The van der Waals surface area contributed by atoms with E-state index >= 15 is 4.39 Å². The maximum atomic E-state index is 15.1. The van der Waals surface area contributed by atoms with Crippen molar-refractivity contribution in [2.45, 2.75) is 31.3 Å². The van der Waals surface area contributed by atoms with Gasteiger partial charge in [0.2, 0.25) is 11.7 Å². The molecule has 0 saturated carbocycles. The molecule has 2 amide bonds. The minimum absolute atomic E-state index is 0.115. The van der Waals surface area contributed by atoms with Crippen LogP contribution in [0.15, 0.2) is 28.7 Å². The van der Waals surface area contributed by atoms with Gasteiger partial charge >= 0.3 is 0 Å². The van der Waals surface area contributed by atoms with Crippen LogP contribution >= 0.6 is 0 Å². The number of ether oxygens (including phenoxy) is 1. The fourth-order valence-corrected chi connectivity index (χ4v) is 5.47. The van der Waals surface area contributed by atoms with Crippen LogP contribution in [0.4, 0.5) is 10.1 Å². The van der Waals surface area contributed by atoms with Gasteiger partial charge in [-0.2, -0.15) is 0 Å². The lowest BCUT2D eigenvalue weighted by atomic mass is 9.60. The summed E-state index contributed by atoms with van der Waals surface area (Å²) in [5.74, 6) is -9.61. The largest absolute Gasteiger partial charge is 0.511 e. The van der Waals surface area contributed by atoms with Crippen LogP contribution in [0.3, 0.4) is 0 Å². The van der Waals surface area contributed by atoms with Gasteiger partial charge in [-0.3, -0.25) is 19.2 Å². The molecule has 3 atom stereocenters. The second-order valence-corrected chi connectivity index (χ2v) is 9.59. The number of benzene rings is 1. The molecular formula is C25H28FN3O9. The molecule has 13 heteroatoms. The van der Waals surface area contributed by atoms with E-state index < -0.39 is 80.6 Å². The zero-order valence-corrected chi connectivity index (χ0v) is 20.5. The quantitative estimate of drug-likeness (QED) is 0.138. The number of hydrogen-bond acceptors (Lipinski definition) is 10. The molecule has 8 N–H and O–H groups in total. The third-order valence-corrected chi connectivity index (χ3v) is 7.27. The van der Waals surface area contributed by atoms with Crippen LogP contribution in [-0.4, -0.2) is 76.2 Å². The average molecular weight is 534 g/mol. The van der Waals surface area contributed by atoms with Crippen LogP contribution in [0.1, 0.15) is 35.2 Å². The van der Waals surface area contributed by atoms with Gasteiger partial charge in [0, 0.05) is 43.3 Å². The first-order valence-electron chi connectivity index (χ1n) is 11.9. The zero-order chi connectivity index (χ0) is 27.9. The van der Waals surface area contributed by atoms with Crippen molar-refractivity contribution in [3.63, 3.8) is 0 Å². The standard InChI is InChI=1S/C25H28FN3O9/c1-38-4-2-3-28-9-16(31)29-14-8-13(26)12-6-10-5-11-7-15(30)19(24(27)36)23(35)25(11,37)22(34)17(10)21(33)18(12)20(14)32/h8,10-11,28,30,32,34,37H,2-7,9H2,1H3,(H2,27,36)(H,29,31)/t10?,11-,25-/m0/s1. The van der Waals surface area contributed by atoms with E-state index in [-0.39, 0.29) is 37.1 Å². The number of aliphatic hydroxyl groups excluding tert-OH is 2. The van der Waals surface area contributed by atoms with E-state index in [0.717, 1.165) is 6.07 Å². The Bertz CT molecular complexity index is 1310. The Kier molecular flexibility index (Phi) is 7.28. The van der Waals surface area contributed by atoms with Crippen LogP contribution in [0.5, 0.6) is 5.75 Å². The van der Waals surface area contributed by atoms with Crippen LogP contribution in [-0.2, 0) is 25.5 Å². The first kappa shape index (κ1) is 27.2. The van der Waals surface area contributed by atoms with Crippen LogP contribution in [0, 0.1) is 17.7 Å². The summed E-state index contributed by atoms with van der Waals surface area (Å²) in [5.41, 5.74) is 0.0913. The Balaban J connectivity index is 1.68. The number of phenols is 1. The van der Waals surface area contributed by atoms with E-state index in [2.05, 4.69) is 10.6 Å². The number of hydrogen-bond donors (Lipinski definition) is 7. The second-order valence-electron chi connectivity index (χ2n) is 9.59. The summed E-state index contributed by atoms with van der Waals surface area (Å²) >= 11 is 0. The maximum absolute atomic E-state index is 15.1. The zero-order valence-electron chi connectivity index (χ0n) is 20.5. The highest BCUT2D eigenvalue weighted by Gasteiger charge is 2.59. The number of phenolic OH excluding ortho intramolecular Hbond substituents is 1. The summed E-state index contributed by atoms with van der Waals surface area (Å²) in [6.07, 6.45) is -0.0319. The number of allylic oxidation sites excluding steroid dienone is 2. The van der Waals surface area contributed by atoms with Gasteiger partial charge in [-0.05, 0) is 31.7 Å². The molecule has 204 valence electrons. The summed E-state index contributed by atoms with van der Waals surface area (Å²) in [4.78, 5) is 50.5. The number of Topliss-reactive ketones (excluding diaryl/α,β-unsaturated/α-hetero) is 2. The average Bonchev–Trinajstić information content (AvgIpc) is 2.84. The third-order valence-electron chi connectivity index (χ3n) is 7.27. The van der Waals surface area contributed by atoms with Gasteiger partial charge < -0.3 is 41.5 Å². The normalized spacial score (nSPS) is 24.6. The number of carbonyl (C=O) groups is 4. The third kappa shape index (κ3) is 4.31. The predicted octanol–water partition coefficient (Wildman–Crippen LogP) is 0.284. The first-order chi connectivity index (χ1) is 17.9. The van der Waals surface area contributed by atoms with Crippen molar-refractivity contribution in [2.24, 2.45) is 17.6 Å². The molecule has 38 heavy (non-hydrogen) atoms. The number of ketones is 2. The number of nitrogens with one attached hydrogen (secondary N) is 2. The molecule has 0 aliphatic heterocycles. The molecule has 0 aromatic heterocycles. The molecule has 12 nitrogen and oxygen atoms in total. The molecule has 0 fully saturated rings. The summed E-state index contributed by atoms with van der Waals surface area (Å²) in [5, 5.41) is 48.4. The van der Waals surface area contributed by atoms with Gasteiger partial charge in [0.05, 0.1) is 17.8 Å². The Morgan fingerprint density at radius 3 is 2.61 bits per heavy atom. The van der Waals surface area contributed by atoms with E-state index in [0.29, 0.717) is 19.6 Å². The van der Waals surface area contributed by atoms with E-state index in [1.807, 2.05) is 0 Å². The topological polar surface area (TPSA) is 209 Å². The number of primary amides is 1. The van der Waals surface area contributed by atoms with E-state index in [1.54, 1.807) is 7.11 Å². The van der Waals surface area contributed by atoms with Crippen molar-refractivity contribution in [1.29, 1.82) is 0 Å². The minimum Gasteiger partial charge on any atom is -0.511 e. The number of nitrogens with two attached hydrogens (primary N) is 1. The lowest BCUT2D eigenvalue weighted by molar-refractivity contribution is -0.144. The van der Waals surface area contributed by atoms with Gasteiger partial charge in [-0.1, -0.05) is 0 Å². The fourth-order valence-electron chi connectivity index (χ4n) is 5.47. The SMILES string of the molecule is COCCCNCC(=O)Nc1cc(F)c2c(c1O)C(=O)C1=C(O)[C@]3(O)C(=O)C(C(N)=O)=C(O)C[C@@H]3CC1C2. The number of aliphatic hydroxyl groups is 3. The second kappa shape index (κ2) is 10.2. The molecule has 1 unspecified atom stereocenters. The molecule has 4 rings (SSSR count). The van der Waals surface area contributed by atoms with Crippen molar-refractivity contribution in [3.05, 3.63) is 45.7 Å². The molecule has 0 saturated heterocycles. The van der Waals surface area contributed by atoms with Gasteiger partial charge in [0.1, 0.15) is 22.9 Å². The van der Waals surface area contributed by atoms with Gasteiger partial charge in [-0.15, -0.1) is 0 Å². The number of rotatable bonds is 8. The summed E-state index contributed by atoms with van der Waals surface area (Å²) in [7, 11) is 1.54. The predicted molar refractivity (Wildman–Crippen MR) is 129 cm³/mol. The smallest absolute Gasteiger partial charge is 0.255 e. The first-order valence-corrected chi connectivity index (χ1v) is 11.9. The van der Waals surface area contributed by atoms with Gasteiger partial charge in [0.15, 0.2) is 17.1 Å². The number of methoxy groups -OCH3 is 1. The highest BCUT2D eigenvalue weighted by molar-refractivity contribution is 6.24. The Labute approximate surface area is 216 Å². The lowest BCUT2D eigenvalue weighted by Gasteiger charge is -2.45. The summed E-state index contributed by atoms with van der Waals surface area (Å²) in [6, 6.07) is 0.885. The number of aromatic hydroxyl groups is 1. The molecule has 0 spiro atoms. The van der Waals surface area contributed by atoms with Crippen molar-refractivity contribution in [2.75, 3.05) is 32.1 Å².